The molecule has 0 saturated heterocycles. The van der Waals surface area contributed by atoms with E-state index in [0.717, 1.165) is 19.3 Å². The zero-order chi connectivity index (χ0) is 9.61. The molecule has 0 rings (SSSR count). The number of hydrogen-bond acceptors (Lipinski definition) is 2. The van der Waals surface area contributed by atoms with Crippen LogP contribution >= 0.6 is 0 Å². The van der Waals surface area contributed by atoms with Gasteiger partial charge in [-0.3, -0.25) is 4.79 Å². The minimum atomic E-state index is -0.775. The average Bonchev–Trinajstić information content (AvgIpc) is 2.00. The Bertz CT molecular complexity index is 139. The summed E-state index contributed by atoms with van der Waals surface area (Å²) in [6.07, 6.45) is 3.63. The first-order valence-corrected chi connectivity index (χ1v) is 4.76. The van der Waals surface area contributed by atoms with E-state index in [0.29, 0.717) is 12.8 Å². The van der Waals surface area contributed by atoms with Gasteiger partial charge in [0.2, 0.25) is 0 Å². The first-order chi connectivity index (χ1) is 5.52. The highest BCUT2D eigenvalue weighted by Gasteiger charge is 2.22. The molecular formula is C10H20O2. The lowest BCUT2D eigenvalue weighted by molar-refractivity contribution is -0.123. The fourth-order valence-electron chi connectivity index (χ4n) is 1.20. The molecule has 0 heterocycles. The quantitative estimate of drug-likeness (QED) is 0.667. The van der Waals surface area contributed by atoms with Gasteiger partial charge in [-0.25, -0.2) is 0 Å². The molecule has 0 saturated carbocycles. The van der Waals surface area contributed by atoms with E-state index in [4.69, 9.17) is 0 Å². The molecule has 2 heteroatoms. The maximum atomic E-state index is 11.0. The molecule has 0 amide bonds. The lowest BCUT2D eigenvalue weighted by Crippen LogP contribution is -2.27. The molecule has 0 aromatic carbocycles. The van der Waals surface area contributed by atoms with Crippen molar-refractivity contribution in [2.75, 3.05) is 0 Å². The van der Waals surface area contributed by atoms with Crippen molar-refractivity contribution >= 4 is 5.78 Å². The second kappa shape index (κ2) is 5.31. The molecule has 1 unspecified atom stereocenters. The highest BCUT2D eigenvalue weighted by molar-refractivity contribution is 5.78. The third-order valence-electron chi connectivity index (χ3n) is 2.04. The van der Waals surface area contributed by atoms with Crippen molar-refractivity contribution in [3.8, 4) is 0 Å². The standard InChI is InChI=1S/C10H20O2/c1-4-6-7-10(3,12)8-9(11)5-2/h12H,4-8H2,1-3H3. The molecule has 0 fully saturated rings. The summed E-state index contributed by atoms with van der Waals surface area (Å²) in [6, 6.07) is 0. The topological polar surface area (TPSA) is 37.3 Å². The summed E-state index contributed by atoms with van der Waals surface area (Å²) in [5.74, 6) is 0.149. The summed E-state index contributed by atoms with van der Waals surface area (Å²) in [7, 11) is 0. The third-order valence-corrected chi connectivity index (χ3v) is 2.04. The maximum Gasteiger partial charge on any atom is 0.135 e. The number of rotatable bonds is 6. The molecule has 0 aliphatic carbocycles. The molecule has 0 aromatic heterocycles. The number of carbonyl (C=O) groups excluding carboxylic acids is 1. The molecule has 0 aliphatic rings. The van der Waals surface area contributed by atoms with Crippen LogP contribution in [0.1, 0.15) is 52.9 Å². The first-order valence-electron chi connectivity index (χ1n) is 4.76. The number of Topliss-reactive ketones (excluding diaryl/α,β-unsaturated/α-hetero) is 1. The van der Waals surface area contributed by atoms with Crippen molar-refractivity contribution < 1.29 is 9.90 Å². The third kappa shape index (κ3) is 5.30. The van der Waals surface area contributed by atoms with E-state index in [1.54, 1.807) is 6.92 Å². The molecule has 1 atom stereocenters. The summed E-state index contributed by atoms with van der Waals surface area (Å²) < 4.78 is 0. The highest BCUT2D eigenvalue weighted by Crippen LogP contribution is 2.18. The fraction of sp³-hybridized carbons (Fsp3) is 0.900. The Hall–Kier alpha value is -0.370. The van der Waals surface area contributed by atoms with Crippen molar-refractivity contribution in [3.05, 3.63) is 0 Å². The Kier molecular flexibility index (Phi) is 5.14. The van der Waals surface area contributed by atoms with Crippen molar-refractivity contribution in [2.45, 2.75) is 58.5 Å². The SMILES string of the molecule is CCCCC(C)(O)CC(=O)CC. The van der Waals surface area contributed by atoms with Gasteiger partial charge in [0, 0.05) is 12.8 Å². The predicted octanol–water partition coefficient (Wildman–Crippen LogP) is 2.30. The lowest BCUT2D eigenvalue weighted by Gasteiger charge is -2.21. The number of carbonyl (C=O) groups is 1. The van der Waals surface area contributed by atoms with Crippen molar-refractivity contribution in [3.63, 3.8) is 0 Å². The Balaban J connectivity index is 3.77. The molecule has 0 radical (unpaired) electrons. The van der Waals surface area contributed by atoms with Gasteiger partial charge in [0.25, 0.3) is 0 Å². The predicted molar refractivity (Wildman–Crippen MR) is 50.1 cm³/mol. The maximum absolute atomic E-state index is 11.0. The second-order valence-electron chi connectivity index (χ2n) is 3.67. The second-order valence-corrected chi connectivity index (χ2v) is 3.67. The average molecular weight is 172 g/mol. The highest BCUT2D eigenvalue weighted by atomic mass is 16.3. The van der Waals surface area contributed by atoms with E-state index >= 15 is 0 Å². The molecule has 0 spiro atoms. The van der Waals surface area contributed by atoms with Gasteiger partial charge in [-0.2, -0.15) is 0 Å². The van der Waals surface area contributed by atoms with Gasteiger partial charge in [0.15, 0.2) is 0 Å². The van der Waals surface area contributed by atoms with E-state index in [1.165, 1.54) is 0 Å². The Labute approximate surface area is 75.0 Å². The Morgan fingerprint density at radius 2 is 2.00 bits per heavy atom. The fourth-order valence-corrected chi connectivity index (χ4v) is 1.20. The van der Waals surface area contributed by atoms with Gasteiger partial charge in [0.05, 0.1) is 5.60 Å². The van der Waals surface area contributed by atoms with E-state index in [2.05, 4.69) is 6.92 Å². The summed E-state index contributed by atoms with van der Waals surface area (Å²) >= 11 is 0. The van der Waals surface area contributed by atoms with Crippen LogP contribution in [0.5, 0.6) is 0 Å². The van der Waals surface area contributed by atoms with Gasteiger partial charge in [0.1, 0.15) is 5.78 Å². The number of aliphatic hydroxyl groups is 1. The summed E-state index contributed by atoms with van der Waals surface area (Å²) in [5, 5.41) is 9.73. The largest absolute Gasteiger partial charge is 0.390 e. The van der Waals surface area contributed by atoms with E-state index in [1.807, 2.05) is 6.92 Å². The van der Waals surface area contributed by atoms with Crippen molar-refractivity contribution in [2.24, 2.45) is 0 Å². The normalized spacial score (nSPS) is 15.7. The van der Waals surface area contributed by atoms with Crippen molar-refractivity contribution in [1.29, 1.82) is 0 Å². The molecule has 0 aromatic rings. The Morgan fingerprint density at radius 1 is 1.42 bits per heavy atom. The Morgan fingerprint density at radius 3 is 2.42 bits per heavy atom. The van der Waals surface area contributed by atoms with E-state index in [9.17, 15) is 9.90 Å². The smallest absolute Gasteiger partial charge is 0.135 e. The molecule has 12 heavy (non-hydrogen) atoms. The van der Waals surface area contributed by atoms with Crippen LogP contribution in [0.15, 0.2) is 0 Å². The van der Waals surface area contributed by atoms with Gasteiger partial charge >= 0.3 is 0 Å². The number of unbranched alkanes of at least 4 members (excludes halogenated alkanes) is 1. The number of ketones is 1. The first kappa shape index (κ1) is 11.6. The molecule has 0 aliphatic heterocycles. The van der Waals surface area contributed by atoms with Crippen LogP contribution in [0.25, 0.3) is 0 Å². The summed E-state index contributed by atoms with van der Waals surface area (Å²) in [6.45, 7) is 5.66. The molecular weight excluding hydrogens is 152 g/mol. The zero-order valence-electron chi connectivity index (χ0n) is 8.39. The minimum Gasteiger partial charge on any atom is -0.390 e. The van der Waals surface area contributed by atoms with Gasteiger partial charge in [-0.15, -0.1) is 0 Å². The van der Waals surface area contributed by atoms with Crippen LogP contribution in [0.3, 0.4) is 0 Å². The van der Waals surface area contributed by atoms with Crippen molar-refractivity contribution in [1.82, 2.24) is 0 Å². The monoisotopic (exact) mass is 172 g/mol. The van der Waals surface area contributed by atoms with Crippen LogP contribution < -0.4 is 0 Å². The number of hydrogen-bond donors (Lipinski definition) is 1. The molecule has 2 nitrogen and oxygen atoms in total. The van der Waals surface area contributed by atoms with Crippen LogP contribution in [0.4, 0.5) is 0 Å². The minimum absolute atomic E-state index is 0.149. The van der Waals surface area contributed by atoms with Gasteiger partial charge < -0.3 is 5.11 Å². The van der Waals surface area contributed by atoms with E-state index < -0.39 is 5.60 Å². The van der Waals surface area contributed by atoms with Crippen LogP contribution in [0.2, 0.25) is 0 Å². The van der Waals surface area contributed by atoms with Crippen LogP contribution in [0, 0.1) is 0 Å². The molecule has 1 N–H and O–H groups in total. The molecule has 72 valence electrons. The molecule has 0 bridgehead atoms. The summed E-state index contributed by atoms with van der Waals surface area (Å²) in [4.78, 5) is 11.0. The zero-order valence-corrected chi connectivity index (χ0v) is 8.39. The lowest BCUT2D eigenvalue weighted by atomic mass is 9.92. The van der Waals surface area contributed by atoms with Crippen LogP contribution in [-0.2, 0) is 4.79 Å². The van der Waals surface area contributed by atoms with Gasteiger partial charge in [-0.05, 0) is 13.3 Å². The summed E-state index contributed by atoms with van der Waals surface area (Å²) in [5.41, 5.74) is -0.775. The van der Waals surface area contributed by atoms with Crippen LogP contribution in [-0.4, -0.2) is 16.5 Å². The van der Waals surface area contributed by atoms with Gasteiger partial charge in [-0.1, -0.05) is 26.7 Å². The van der Waals surface area contributed by atoms with E-state index in [-0.39, 0.29) is 5.78 Å².